The van der Waals surface area contributed by atoms with Gasteiger partial charge in [0, 0.05) is 0 Å². The van der Waals surface area contributed by atoms with Gasteiger partial charge in [-0.15, -0.1) is 0 Å². The first-order chi connectivity index (χ1) is 11.5. The number of amides is 1. The summed E-state index contributed by atoms with van der Waals surface area (Å²) in [4.78, 5) is 13.7. The van der Waals surface area contributed by atoms with Crippen LogP contribution in [0.4, 0.5) is 0 Å². The van der Waals surface area contributed by atoms with Gasteiger partial charge in [-0.05, 0) is 0 Å². The predicted molar refractivity (Wildman–Crippen MR) is 108 cm³/mol. The fourth-order valence-electron chi connectivity index (χ4n) is 3.23. The number of carbonyl (C=O) groups excluding carboxylic acids is 1. The Bertz CT molecular complexity index is 441. The van der Waals surface area contributed by atoms with Gasteiger partial charge in [-0.3, -0.25) is 4.79 Å². The quantitative estimate of drug-likeness (QED) is 0.417. The van der Waals surface area contributed by atoms with Crippen LogP contribution in [0.2, 0.25) is 13.3 Å². The van der Waals surface area contributed by atoms with Gasteiger partial charge in [0.05, 0.1) is 0 Å². The number of rotatable bonds is 10. The molecular formula is C20H38N2OSn. The van der Waals surface area contributed by atoms with E-state index in [2.05, 4.69) is 52.5 Å². The van der Waals surface area contributed by atoms with E-state index in [-0.39, 0.29) is 6.41 Å². The number of primary amides is 1. The fraction of sp³-hybridized carbons (Fsp3) is 0.700. The molecule has 1 rings (SSSR count). The molecule has 1 aromatic rings. The minimum atomic E-state index is -2.28. The van der Waals surface area contributed by atoms with Gasteiger partial charge in [-0.1, -0.05) is 0 Å². The molecular weight excluding hydrogens is 403 g/mol. The molecule has 1 heterocycles. The zero-order chi connectivity index (χ0) is 18.4. The first-order valence-electron chi connectivity index (χ1n) is 9.61. The summed E-state index contributed by atoms with van der Waals surface area (Å²) in [6, 6.07) is 4.73. The van der Waals surface area contributed by atoms with Crippen LogP contribution in [0.3, 0.4) is 0 Å². The molecule has 1 amide bonds. The maximum absolute atomic E-state index is 8.58. The van der Waals surface area contributed by atoms with E-state index in [1.54, 1.807) is 3.71 Å². The first-order valence-corrected chi connectivity index (χ1v) is 17.1. The van der Waals surface area contributed by atoms with Crippen LogP contribution in [-0.2, 0) is 4.79 Å². The van der Waals surface area contributed by atoms with Gasteiger partial charge in [0.2, 0.25) is 6.41 Å². The van der Waals surface area contributed by atoms with Crippen LogP contribution in [-0.4, -0.2) is 29.8 Å². The molecule has 0 aliphatic rings. The van der Waals surface area contributed by atoms with E-state index in [1.807, 2.05) is 0 Å². The van der Waals surface area contributed by atoms with Crippen molar-refractivity contribution in [1.82, 2.24) is 4.98 Å². The van der Waals surface area contributed by atoms with Gasteiger partial charge < -0.3 is 5.73 Å². The van der Waals surface area contributed by atoms with E-state index in [1.165, 1.54) is 63.1 Å². The number of aryl methyl sites for hydroxylation is 2. The summed E-state index contributed by atoms with van der Waals surface area (Å²) in [6.07, 6.45) is 8.50. The largest absolute Gasteiger partial charge is 0.372 e. The standard InChI is InChI=1S/C7H8N.3C4H9.CH3NO.Sn/c1-6-4-3-5-8-7(6)2;3*1-3-4-2;2-1-3;/h3-4H,1-2H3;3*1,3-4H2,2H3;1H,(H2,2,3);. The number of pyridine rings is 1. The second-order valence-corrected chi connectivity index (χ2v) is 19.9. The van der Waals surface area contributed by atoms with Crippen molar-refractivity contribution in [3.05, 3.63) is 23.4 Å². The van der Waals surface area contributed by atoms with E-state index >= 15 is 0 Å². The molecule has 0 aliphatic carbocycles. The van der Waals surface area contributed by atoms with Crippen LogP contribution in [0.1, 0.15) is 70.6 Å². The Morgan fingerprint density at radius 1 is 0.958 bits per heavy atom. The van der Waals surface area contributed by atoms with Crippen LogP contribution >= 0.6 is 0 Å². The van der Waals surface area contributed by atoms with Crippen LogP contribution in [0, 0.1) is 13.8 Å². The molecule has 0 saturated heterocycles. The van der Waals surface area contributed by atoms with Gasteiger partial charge in [-0.25, -0.2) is 0 Å². The zero-order valence-electron chi connectivity index (χ0n) is 16.5. The maximum Gasteiger partial charge on any atom is 0.204 e. The summed E-state index contributed by atoms with van der Waals surface area (Å²) in [5.74, 6) is 0. The molecule has 0 atom stereocenters. The van der Waals surface area contributed by atoms with Crippen molar-refractivity contribution in [2.75, 3.05) is 0 Å². The molecule has 0 unspecified atom stereocenters. The van der Waals surface area contributed by atoms with Crippen LogP contribution in [0.5, 0.6) is 0 Å². The minimum absolute atomic E-state index is 0.250. The van der Waals surface area contributed by atoms with Crippen molar-refractivity contribution in [2.45, 2.75) is 86.5 Å². The molecule has 3 nitrogen and oxygen atoms in total. The number of unbranched alkanes of at least 4 members (excludes halogenated alkanes) is 3. The van der Waals surface area contributed by atoms with Crippen molar-refractivity contribution in [1.29, 1.82) is 0 Å². The van der Waals surface area contributed by atoms with Crippen molar-refractivity contribution in [3.8, 4) is 0 Å². The first kappa shape index (κ1) is 23.4. The monoisotopic (exact) mass is 442 g/mol. The Balaban J connectivity index is 0.00000163. The Kier molecular flexibility index (Phi) is 13.3. The third-order valence-corrected chi connectivity index (χ3v) is 20.0. The molecule has 0 aliphatic heterocycles. The van der Waals surface area contributed by atoms with E-state index in [9.17, 15) is 0 Å². The summed E-state index contributed by atoms with van der Waals surface area (Å²) in [5.41, 5.74) is 6.78. The number of hydrogen-bond acceptors (Lipinski definition) is 2. The van der Waals surface area contributed by atoms with Crippen molar-refractivity contribution in [3.63, 3.8) is 0 Å². The molecule has 24 heavy (non-hydrogen) atoms. The van der Waals surface area contributed by atoms with E-state index in [0.717, 1.165) is 0 Å². The van der Waals surface area contributed by atoms with Gasteiger partial charge in [0.25, 0.3) is 0 Å². The molecule has 0 aromatic carbocycles. The van der Waals surface area contributed by atoms with Crippen molar-refractivity contribution >= 4 is 28.5 Å². The molecule has 0 spiro atoms. The normalized spacial score (nSPS) is 10.9. The van der Waals surface area contributed by atoms with Crippen molar-refractivity contribution < 1.29 is 4.79 Å². The van der Waals surface area contributed by atoms with Gasteiger partial charge >= 0.3 is 137 Å². The third kappa shape index (κ3) is 8.00. The summed E-state index contributed by atoms with van der Waals surface area (Å²) in [5, 5.41) is 0. The number of carbonyl (C=O) groups is 1. The summed E-state index contributed by atoms with van der Waals surface area (Å²) in [7, 11) is 0. The van der Waals surface area contributed by atoms with E-state index in [0.29, 0.717) is 0 Å². The number of nitrogens with zero attached hydrogens (tertiary/aromatic N) is 1. The second-order valence-electron chi connectivity index (χ2n) is 6.83. The fourth-order valence-corrected chi connectivity index (χ4v) is 18.8. The molecule has 0 saturated carbocycles. The molecule has 138 valence electrons. The average molecular weight is 441 g/mol. The van der Waals surface area contributed by atoms with E-state index < -0.39 is 18.4 Å². The summed E-state index contributed by atoms with van der Waals surface area (Å²) in [6.45, 7) is 11.4. The molecule has 4 heteroatoms. The Morgan fingerprint density at radius 2 is 1.38 bits per heavy atom. The molecule has 0 radical (unpaired) electrons. The van der Waals surface area contributed by atoms with Gasteiger partial charge in [0.1, 0.15) is 0 Å². The zero-order valence-corrected chi connectivity index (χ0v) is 19.4. The van der Waals surface area contributed by atoms with E-state index in [4.69, 9.17) is 9.78 Å². The SMILES string of the molecule is CCC[CH2][Sn]([CH2]CCC)([CH2]CCC)[c]1ccc(C)c(C)n1.NC=O. The second kappa shape index (κ2) is 13.7. The Labute approximate surface area is 153 Å². The predicted octanol–water partition coefficient (Wildman–Crippen LogP) is 4.86. The van der Waals surface area contributed by atoms with Crippen LogP contribution < -0.4 is 9.44 Å². The number of hydrogen-bond donors (Lipinski definition) is 1. The number of aromatic nitrogens is 1. The summed E-state index contributed by atoms with van der Waals surface area (Å²) >= 11 is -2.28. The summed E-state index contributed by atoms with van der Waals surface area (Å²) < 4.78 is 6.12. The maximum atomic E-state index is 8.58. The molecule has 0 fully saturated rings. The molecule has 1 aromatic heterocycles. The van der Waals surface area contributed by atoms with Crippen LogP contribution in [0.25, 0.3) is 0 Å². The Hall–Kier alpha value is -0.581. The smallest absolute Gasteiger partial charge is 0.204 e. The average Bonchev–Trinajstić information content (AvgIpc) is 2.58. The Morgan fingerprint density at radius 3 is 1.71 bits per heavy atom. The molecule has 0 bridgehead atoms. The topological polar surface area (TPSA) is 56.0 Å². The molecule has 2 N–H and O–H groups in total. The minimum Gasteiger partial charge on any atom is -0.372 e. The van der Waals surface area contributed by atoms with Crippen molar-refractivity contribution in [2.24, 2.45) is 5.73 Å². The van der Waals surface area contributed by atoms with Gasteiger partial charge in [0.15, 0.2) is 0 Å². The van der Waals surface area contributed by atoms with Crippen LogP contribution in [0.15, 0.2) is 12.1 Å². The number of nitrogens with two attached hydrogens (primary N) is 1. The van der Waals surface area contributed by atoms with Gasteiger partial charge in [-0.2, -0.15) is 0 Å². The third-order valence-electron chi connectivity index (χ3n) is 4.92.